The summed E-state index contributed by atoms with van der Waals surface area (Å²) in [6.07, 6.45) is -0.241. The number of carboxylic acid groups (broad SMARTS) is 1. The normalized spacial score (nSPS) is 11.1. The van der Waals surface area contributed by atoms with Crippen LogP contribution in [0.25, 0.3) is 0 Å². The highest BCUT2D eigenvalue weighted by Gasteiger charge is 2.17. The maximum absolute atomic E-state index is 11.8. The first-order valence-electron chi connectivity index (χ1n) is 6.10. The van der Waals surface area contributed by atoms with Gasteiger partial charge in [0, 0.05) is 18.1 Å². The summed E-state index contributed by atoms with van der Waals surface area (Å²) in [7, 11) is -3.69. The molecule has 0 saturated heterocycles. The molecule has 0 spiro atoms. The predicted octanol–water partition coefficient (Wildman–Crippen LogP) is 1.82. The number of carboxylic acids is 1. The first kappa shape index (κ1) is 16.9. The van der Waals surface area contributed by atoms with E-state index in [1.165, 1.54) is 19.1 Å². The number of sulfonamides is 1. The summed E-state index contributed by atoms with van der Waals surface area (Å²) in [6, 6.07) is 2.69. The van der Waals surface area contributed by atoms with Gasteiger partial charge in [-0.2, -0.15) is 0 Å². The SMILES string of the molecule is Cc1cc([N+](=O)[O-])c(C)cc1NS(=O)(=O)CCCC(=O)O. The summed E-state index contributed by atoms with van der Waals surface area (Å²) >= 11 is 0. The molecule has 2 N–H and O–H groups in total. The Morgan fingerprint density at radius 1 is 1.33 bits per heavy atom. The molecule has 0 aliphatic carbocycles. The van der Waals surface area contributed by atoms with Crippen molar-refractivity contribution in [1.29, 1.82) is 0 Å². The van der Waals surface area contributed by atoms with Gasteiger partial charge in [0.05, 0.1) is 16.4 Å². The molecule has 0 fully saturated rings. The lowest BCUT2D eigenvalue weighted by Gasteiger charge is -2.11. The number of hydrogen-bond donors (Lipinski definition) is 2. The second kappa shape index (κ2) is 6.53. The van der Waals surface area contributed by atoms with Crippen LogP contribution in [0, 0.1) is 24.0 Å². The molecular formula is C12H16N2O6S. The van der Waals surface area contributed by atoms with Gasteiger partial charge in [0.25, 0.3) is 5.69 Å². The molecule has 1 aromatic rings. The first-order valence-corrected chi connectivity index (χ1v) is 7.75. The fourth-order valence-corrected chi connectivity index (χ4v) is 2.92. The second-order valence-corrected chi connectivity index (χ2v) is 6.47. The molecular weight excluding hydrogens is 300 g/mol. The molecule has 0 amide bonds. The van der Waals surface area contributed by atoms with Gasteiger partial charge >= 0.3 is 5.97 Å². The Kier molecular flexibility index (Phi) is 5.25. The Morgan fingerprint density at radius 2 is 1.95 bits per heavy atom. The summed E-state index contributed by atoms with van der Waals surface area (Å²) in [5, 5.41) is 19.3. The molecule has 0 heterocycles. The van der Waals surface area contributed by atoms with Gasteiger partial charge in [-0.25, -0.2) is 8.42 Å². The van der Waals surface area contributed by atoms with Crippen LogP contribution >= 0.6 is 0 Å². The van der Waals surface area contributed by atoms with Crippen molar-refractivity contribution in [3.63, 3.8) is 0 Å². The summed E-state index contributed by atoms with van der Waals surface area (Å²) in [4.78, 5) is 20.6. The molecule has 0 unspecified atom stereocenters. The number of nitro benzene ring substituents is 1. The lowest BCUT2D eigenvalue weighted by molar-refractivity contribution is -0.385. The van der Waals surface area contributed by atoms with Crippen LogP contribution in [0.3, 0.4) is 0 Å². The highest BCUT2D eigenvalue weighted by atomic mass is 32.2. The van der Waals surface area contributed by atoms with Gasteiger partial charge in [0.1, 0.15) is 0 Å². The molecule has 0 saturated carbocycles. The van der Waals surface area contributed by atoms with Crippen molar-refractivity contribution < 1.29 is 23.2 Å². The van der Waals surface area contributed by atoms with Gasteiger partial charge in [0.2, 0.25) is 10.0 Å². The molecule has 1 aromatic carbocycles. The van der Waals surface area contributed by atoms with E-state index >= 15 is 0 Å². The number of rotatable bonds is 7. The Bertz CT molecular complexity index is 669. The minimum absolute atomic E-state index is 0.00429. The van der Waals surface area contributed by atoms with Crippen LogP contribution in [0.1, 0.15) is 24.0 Å². The summed E-state index contributed by atoms with van der Waals surface area (Å²) in [6.45, 7) is 3.07. The van der Waals surface area contributed by atoms with Crippen LogP contribution in [0.5, 0.6) is 0 Å². The fraction of sp³-hybridized carbons (Fsp3) is 0.417. The molecule has 8 nitrogen and oxygen atoms in total. The first-order chi connectivity index (χ1) is 9.62. The third kappa shape index (κ3) is 5.03. The quantitative estimate of drug-likeness (QED) is 0.583. The number of nitrogens with zero attached hydrogens (tertiary/aromatic N) is 1. The number of aliphatic carboxylic acids is 1. The third-order valence-corrected chi connectivity index (χ3v) is 4.17. The molecule has 9 heteroatoms. The average Bonchev–Trinajstić information content (AvgIpc) is 2.31. The third-order valence-electron chi connectivity index (χ3n) is 2.81. The zero-order valence-electron chi connectivity index (χ0n) is 11.6. The van der Waals surface area contributed by atoms with Crippen LogP contribution in [-0.2, 0) is 14.8 Å². The molecule has 0 aromatic heterocycles. The minimum atomic E-state index is -3.69. The zero-order chi connectivity index (χ0) is 16.2. The number of hydrogen-bond acceptors (Lipinski definition) is 5. The van der Waals surface area contributed by atoms with E-state index in [0.29, 0.717) is 11.1 Å². The van der Waals surface area contributed by atoms with Crippen LogP contribution in [0.15, 0.2) is 12.1 Å². The zero-order valence-corrected chi connectivity index (χ0v) is 12.4. The molecule has 21 heavy (non-hydrogen) atoms. The van der Waals surface area contributed by atoms with E-state index in [-0.39, 0.29) is 30.0 Å². The minimum Gasteiger partial charge on any atom is -0.481 e. The van der Waals surface area contributed by atoms with Crippen LogP contribution < -0.4 is 4.72 Å². The maximum atomic E-state index is 11.8. The van der Waals surface area contributed by atoms with Gasteiger partial charge in [0.15, 0.2) is 0 Å². The Labute approximate surface area is 122 Å². The largest absolute Gasteiger partial charge is 0.481 e. The second-order valence-electron chi connectivity index (χ2n) is 4.63. The lowest BCUT2D eigenvalue weighted by Crippen LogP contribution is -2.18. The number of nitrogens with one attached hydrogen (secondary N) is 1. The number of nitro groups is 1. The van der Waals surface area contributed by atoms with E-state index in [9.17, 15) is 23.3 Å². The average molecular weight is 316 g/mol. The molecule has 0 aliphatic rings. The Balaban J connectivity index is 2.90. The van der Waals surface area contributed by atoms with Gasteiger partial charge in [-0.1, -0.05) is 0 Å². The summed E-state index contributed by atoms with van der Waals surface area (Å²) in [5.74, 6) is -1.39. The van der Waals surface area contributed by atoms with E-state index < -0.39 is 20.9 Å². The highest BCUT2D eigenvalue weighted by Crippen LogP contribution is 2.26. The maximum Gasteiger partial charge on any atom is 0.303 e. The summed E-state index contributed by atoms with van der Waals surface area (Å²) in [5.41, 5.74) is 0.942. The Hall–Kier alpha value is -2.16. The van der Waals surface area contributed by atoms with Crippen molar-refractivity contribution in [2.75, 3.05) is 10.5 Å². The number of benzene rings is 1. The smallest absolute Gasteiger partial charge is 0.303 e. The topological polar surface area (TPSA) is 127 Å². The fourth-order valence-electron chi connectivity index (χ4n) is 1.74. The van der Waals surface area contributed by atoms with Crippen molar-refractivity contribution in [3.8, 4) is 0 Å². The van der Waals surface area contributed by atoms with E-state index in [0.717, 1.165) is 0 Å². The molecule has 0 atom stereocenters. The predicted molar refractivity (Wildman–Crippen MR) is 76.8 cm³/mol. The van der Waals surface area contributed by atoms with Crippen molar-refractivity contribution in [1.82, 2.24) is 0 Å². The van der Waals surface area contributed by atoms with E-state index in [1.54, 1.807) is 6.92 Å². The highest BCUT2D eigenvalue weighted by molar-refractivity contribution is 7.92. The van der Waals surface area contributed by atoms with Crippen LogP contribution in [0.2, 0.25) is 0 Å². The molecule has 1 rings (SSSR count). The molecule has 0 bridgehead atoms. The molecule has 116 valence electrons. The Morgan fingerprint density at radius 3 is 2.48 bits per heavy atom. The van der Waals surface area contributed by atoms with Crippen molar-refractivity contribution >= 4 is 27.4 Å². The molecule has 0 aliphatic heterocycles. The van der Waals surface area contributed by atoms with Gasteiger partial charge in [-0.15, -0.1) is 0 Å². The monoisotopic (exact) mass is 316 g/mol. The molecule has 0 radical (unpaired) electrons. The van der Waals surface area contributed by atoms with Crippen molar-refractivity contribution in [3.05, 3.63) is 33.4 Å². The van der Waals surface area contributed by atoms with E-state index in [4.69, 9.17) is 5.11 Å². The van der Waals surface area contributed by atoms with Gasteiger partial charge in [-0.3, -0.25) is 19.6 Å². The standard InChI is InChI=1S/C12H16N2O6S/c1-8-7-11(14(17)18)9(2)6-10(8)13-21(19,20)5-3-4-12(15)16/h6-7,13H,3-5H2,1-2H3,(H,15,16). The van der Waals surface area contributed by atoms with Crippen LogP contribution in [0.4, 0.5) is 11.4 Å². The van der Waals surface area contributed by atoms with Crippen molar-refractivity contribution in [2.45, 2.75) is 26.7 Å². The van der Waals surface area contributed by atoms with Crippen molar-refractivity contribution in [2.24, 2.45) is 0 Å². The number of aryl methyl sites for hydroxylation is 2. The number of anilines is 1. The summed E-state index contributed by atoms with van der Waals surface area (Å²) < 4.78 is 26.0. The van der Waals surface area contributed by atoms with Crippen LogP contribution in [-0.4, -0.2) is 30.2 Å². The lowest BCUT2D eigenvalue weighted by atomic mass is 10.1. The number of carbonyl (C=O) groups is 1. The van der Waals surface area contributed by atoms with Gasteiger partial charge < -0.3 is 5.11 Å². The van der Waals surface area contributed by atoms with Gasteiger partial charge in [-0.05, 0) is 31.9 Å². The van der Waals surface area contributed by atoms with E-state index in [2.05, 4.69) is 4.72 Å². The van der Waals surface area contributed by atoms with E-state index in [1.807, 2.05) is 0 Å².